The van der Waals surface area contributed by atoms with E-state index in [2.05, 4.69) is 68.0 Å². The Hall–Kier alpha value is -2.21. The third-order valence-corrected chi connectivity index (χ3v) is 7.49. The molecule has 0 spiro atoms. The second kappa shape index (κ2) is 8.62. The van der Waals surface area contributed by atoms with E-state index in [1.807, 2.05) is 6.08 Å². The number of anilines is 1. The van der Waals surface area contributed by atoms with Crippen molar-refractivity contribution in [2.45, 2.75) is 40.2 Å². The number of fused-ring (bicyclic) bond motifs is 1. The van der Waals surface area contributed by atoms with E-state index in [-0.39, 0.29) is 11.4 Å². The summed E-state index contributed by atoms with van der Waals surface area (Å²) in [4.78, 5) is 20.1. The molecular formula is C25H25Cl2N3OS. The molecule has 1 amide bonds. The Morgan fingerprint density at radius 2 is 1.97 bits per heavy atom. The maximum atomic E-state index is 12.6. The van der Waals surface area contributed by atoms with E-state index in [1.165, 1.54) is 28.6 Å². The molecule has 0 unspecified atom stereocenters. The lowest BCUT2D eigenvalue weighted by Gasteiger charge is -2.43. The number of aryl methyl sites for hydroxylation is 1. The maximum absolute atomic E-state index is 12.6. The summed E-state index contributed by atoms with van der Waals surface area (Å²) in [7, 11) is 0. The number of likely N-dealkylation sites (N-methyl/N-ethyl adjacent to an activating group) is 1. The van der Waals surface area contributed by atoms with Crippen LogP contribution in [0.25, 0.3) is 11.6 Å². The van der Waals surface area contributed by atoms with Gasteiger partial charge in [0.1, 0.15) is 0 Å². The Morgan fingerprint density at radius 1 is 1.22 bits per heavy atom. The SMILES string of the molecule is CCN1c2cc(C)c(/C=C3/SC(=Nc4cccc(Cl)c4Cl)NC3=O)cc2C(C)=CC1(C)C. The molecule has 2 aliphatic rings. The highest BCUT2D eigenvalue weighted by Gasteiger charge is 2.31. The summed E-state index contributed by atoms with van der Waals surface area (Å²) in [5, 5.41) is 4.10. The standard InChI is InChI=1S/C25H25Cl2N3OS/c1-6-30-20-10-14(2)16(11-17(20)15(3)13-25(30,4)5)12-21-23(31)29-24(32-21)28-19-9-7-8-18(26)22(19)27/h7-13H,6H2,1-5H3,(H,28,29,31)/b21-12+. The van der Waals surface area contributed by atoms with Crippen molar-refractivity contribution in [3.63, 3.8) is 0 Å². The fraction of sp³-hybridized carbons (Fsp3) is 0.280. The Morgan fingerprint density at radius 3 is 2.69 bits per heavy atom. The van der Waals surface area contributed by atoms with E-state index in [4.69, 9.17) is 23.2 Å². The van der Waals surface area contributed by atoms with Crippen LogP contribution in [0.3, 0.4) is 0 Å². The molecule has 2 aliphatic heterocycles. The third kappa shape index (κ3) is 4.21. The Balaban J connectivity index is 1.69. The number of nitrogens with one attached hydrogen (secondary N) is 1. The topological polar surface area (TPSA) is 44.7 Å². The fourth-order valence-corrected chi connectivity index (χ4v) is 5.45. The van der Waals surface area contributed by atoms with Gasteiger partial charge in [-0.1, -0.05) is 35.3 Å². The zero-order chi connectivity index (χ0) is 23.2. The molecule has 166 valence electrons. The maximum Gasteiger partial charge on any atom is 0.264 e. The average Bonchev–Trinajstić information content (AvgIpc) is 3.05. The quantitative estimate of drug-likeness (QED) is 0.466. The first-order chi connectivity index (χ1) is 15.1. The van der Waals surface area contributed by atoms with Gasteiger partial charge < -0.3 is 10.2 Å². The first kappa shape index (κ1) is 23.0. The molecule has 0 bridgehead atoms. The molecule has 2 aromatic rings. The van der Waals surface area contributed by atoms with Crippen molar-refractivity contribution in [3.05, 3.63) is 68.0 Å². The minimum atomic E-state index is -0.174. The highest BCUT2D eigenvalue weighted by atomic mass is 35.5. The molecule has 32 heavy (non-hydrogen) atoms. The number of aliphatic imine (C=N–C) groups is 1. The Kier molecular flexibility index (Phi) is 6.19. The molecule has 0 saturated carbocycles. The number of hydrogen-bond acceptors (Lipinski definition) is 4. The normalized spacial score (nSPS) is 19.9. The van der Waals surface area contributed by atoms with Crippen LogP contribution < -0.4 is 10.2 Å². The number of carbonyl (C=O) groups excluding carboxylic acids is 1. The van der Waals surface area contributed by atoms with Gasteiger partial charge in [0.05, 0.1) is 26.2 Å². The summed E-state index contributed by atoms with van der Waals surface area (Å²) in [5.41, 5.74) is 6.31. The van der Waals surface area contributed by atoms with E-state index in [9.17, 15) is 4.79 Å². The molecular weight excluding hydrogens is 461 g/mol. The molecule has 1 N–H and O–H groups in total. The van der Waals surface area contributed by atoms with Gasteiger partial charge in [-0.3, -0.25) is 4.79 Å². The van der Waals surface area contributed by atoms with Gasteiger partial charge in [-0.2, -0.15) is 0 Å². The summed E-state index contributed by atoms with van der Waals surface area (Å²) in [5.74, 6) is -0.174. The number of thioether (sulfide) groups is 1. The van der Waals surface area contributed by atoms with Gasteiger partial charge in [-0.25, -0.2) is 4.99 Å². The summed E-state index contributed by atoms with van der Waals surface area (Å²) in [6.07, 6.45) is 4.24. The lowest BCUT2D eigenvalue weighted by Crippen LogP contribution is -2.44. The minimum Gasteiger partial charge on any atom is -0.363 e. The van der Waals surface area contributed by atoms with Crippen LogP contribution in [0.2, 0.25) is 10.0 Å². The number of hydrogen-bond donors (Lipinski definition) is 1. The van der Waals surface area contributed by atoms with Gasteiger partial charge >= 0.3 is 0 Å². The predicted octanol–water partition coefficient (Wildman–Crippen LogP) is 7.22. The molecule has 4 nitrogen and oxygen atoms in total. The van der Waals surface area contributed by atoms with Crippen molar-refractivity contribution in [1.82, 2.24) is 5.32 Å². The second-order valence-corrected chi connectivity index (χ2v) is 10.3. The van der Waals surface area contributed by atoms with Crippen LogP contribution in [0.4, 0.5) is 11.4 Å². The van der Waals surface area contributed by atoms with E-state index < -0.39 is 0 Å². The van der Waals surface area contributed by atoms with Crippen molar-refractivity contribution in [3.8, 4) is 0 Å². The molecule has 2 aromatic carbocycles. The van der Waals surface area contributed by atoms with Crippen LogP contribution in [0, 0.1) is 6.92 Å². The summed E-state index contributed by atoms with van der Waals surface area (Å²) >= 11 is 13.6. The first-order valence-electron chi connectivity index (χ1n) is 10.5. The number of amides is 1. The summed E-state index contributed by atoms with van der Waals surface area (Å²) in [6, 6.07) is 9.65. The lowest BCUT2D eigenvalue weighted by molar-refractivity contribution is -0.115. The number of nitrogens with zero attached hydrogens (tertiary/aromatic N) is 2. The number of halogens is 2. The van der Waals surface area contributed by atoms with Crippen LogP contribution in [-0.2, 0) is 4.79 Å². The largest absolute Gasteiger partial charge is 0.363 e. The molecule has 1 fully saturated rings. The van der Waals surface area contributed by atoms with Crippen LogP contribution in [-0.4, -0.2) is 23.2 Å². The van der Waals surface area contributed by atoms with Gasteiger partial charge in [0.2, 0.25) is 0 Å². The van der Waals surface area contributed by atoms with Gasteiger partial charge in [-0.05, 0) is 93.4 Å². The Labute approximate surface area is 203 Å². The molecule has 2 heterocycles. The summed E-state index contributed by atoms with van der Waals surface area (Å²) < 4.78 is 0. The first-order valence-corrected chi connectivity index (χ1v) is 12.0. The van der Waals surface area contributed by atoms with Crippen LogP contribution in [0.1, 0.15) is 44.4 Å². The smallest absolute Gasteiger partial charge is 0.264 e. The van der Waals surface area contributed by atoms with Gasteiger partial charge in [0, 0.05) is 17.8 Å². The number of carbonyl (C=O) groups is 1. The van der Waals surface area contributed by atoms with Crippen molar-refractivity contribution in [2.24, 2.45) is 4.99 Å². The molecule has 0 aromatic heterocycles. The van der Waals surface area contributed by atoms with Gasteiger partial charge in [0.25, 0.3) is 5.91 Å². The highest BCUT2D eigenvalue weighted by molar-refractivity contribution is 8.18. The van der Waals surface area contributed by atoms with Crippen molar-refractivity contribution in [2.75, 3.05) is 11.4 Å². The molecule has 7 heteroatoms. The summed E-state index contributed by atoms with van der Waals surface area (Å²) in [6.45, 7) is 11.8. The van der Waals surface area contributed by atoms with Crippen molar-refractivity contribution < 1.29 is 4.79 Å². The minimum absolute atomic E-state index is 0.0353. The predicted molar refractivity (Wildman–Crippen MR) is 139 cm³/mol. The molecule has 1 saturated heterocycles. The monoisotopic (exact) mass is 485 g/mol. The van der Waals surface area contributed by atoms with Crippen molar-refractivity contribution in [1.29, 1.82) is 0 Å². The number of benzene rings is 2. The average molecular weight is 486 g/mol. The number of amidine groups is 1. The van der Waals surface area contributed by atoms with Crippen LogP contribution in [0.15, 0.2) is 46.3 Å². The van der Waals surface area contributed by atoms with Crippen molar-refractivity contribution >= 4 is 69.1 Å². The fourth-order valence-electron chi connectivity index (χ4n) is 4.29. The van der Waals surface area contributed by atoms with Crippen LogP contribution in [0.5, 0.6) is 0 Å². The highest BCUT2D eigenvalue weighted by Crippen LogP contribution is 2.41. The molecule has 4 rings (SSSR count). The molecule has 0 aliphatic carbocycles. The second-order valence-electron chi connectivity index (χ2n) is 8.51. The van der Waals surface area contributed by atoms with E-state index in [1.54, 1.807) is 18.2 Å². The number of rotatable bonds is 3. The third-order valence-electron chi connectivity index (χ3n) is 5.77. The van der Waals surface area contributed by atoms with E-state index in [0.29, 0.717) is 25.8 Å². The zero-order valence-corrected chi connectivity index (χ0v) is 21.0. The molecule has 0 radical (unpaired) electrons. The van der Waals surface area contributed by atoms with Crippen LogP contribution >= 0.6 is 35.0 Å². The van der Waals surface area contributed by atoms with E-state index >= 15 is 0 Å². The zero-order valence-electron chi connectivity index (χ0n) is 18.7. The lowest BCUT2D eigenvalue weighted by atomic mass is 9.87. The van der Waals surface area contributed by atoms with E-state index in [0.717, 1.165) is 17.7 Å². The van der Waals surface area contributed by atoms with Gasteiger partial charge in [-0.15, -0.1) is 0 Å². The number of allylic oxidation sites excluding steroid dienone is 1. The Bertz CT molecular complexity index is 1210. The van der Waals surface area contributed by atoms with Gasteiger partial charge in [0.15, 0.2) is 5.17 Å². The molecule has 0 atom stereocenters.